The van der Waals surface area contributed by atoms with Gasteiger partial charge in [-0.2, -0.15) is 13.9 Å². The van der Waals surface area contributed by atoms with Crippen LogP contribution in [0.15, 0.2) is 36.5 Å². The van der Waals surface area contributed by atoms with Gasteiger partial charge in [-0.05, 0) is 11.6 Å². The van der Waals surface area contributed by atoms with Gasteiger partial charge in [0, 0.05) is 49.3 Å². The third-order valence-electron chi connectivity index (χ3n) is 5.92. The third kappa shape index (κ3) is 4.64. The number of nitrogen functional groups attached to an aromatic ring is 1. The highest BCUT2D eigenvalue weighted by molar-refractivity contribution is 6.29. The predicted molar refractivity (Wildman–Crippen MR) is 118 cm³/mol. The van der Waals surface area contributed by atoms with Gasteiger partial charge in [0.25, 0.3) is 0 Å². The van der Waals surface area contributed by atoms with E-state index in [-0.39, 0.29) is 22.5 Å². The van der Waals surface area contributed by atoms with Crippen LogP contribution in [0.4, 0.5) is 14.7 Å². The molecule has 3 aromatic rings. The van der Waals surface area contributed by atoms with E-state index in [1.807, 2.05) is 24.3 Å². The molecule has 0 bridgehead atoms. The maximum absolute atomic E-state index is 13.4. The van der Waals surface area contributed by atoms with Crippen molar-refractivity contribution >= 4 is 17.5 Å². The van der Waals surface area contributed by atoms with Gasteiger partial charge >= 0.3 is 6.55 Å². The summed E-state index contributed by atoms with van der Waals surface area (Å²) >= 11 is 5.99. The summed E-state index contributed by atoms with van der Waals surface area (Å²) in [5.74, 6) is 0.649. The average Bonchev–Trinajstić information content (AvgIpc) is 3.13. The number of hydrogen-bond acceptors (Lipinski definition) is 7. The fourth-order valence-electron chi connectivity index (χ4n) is 4.35. The summed E-state index contributed by atoms with van der Waals surface area (Å²) in [7, 11) is 0. The van der Waals surface area contributed by atoms with Gasteiger partial charge < -0.3 is 15.2 Å². The molecule has 4 heterocycles. The monoisotopic (exact) mass is 476 g/mol. The van der Waals surface area contributed by atoms with Gasteiger partial charge in [0.1, 0.15) is 23.2 Å². The molecule has 1 aromatic carbocycles. The Hall–Kier alpha value is -2.82. The number of para-hydroxylation sites is 1. The molecule has 0 atom stereocenters. The van der Waals surface area contributed by atoms with Crippen LogP contribution >= 0.6 is 11.6 Å². The molecule has 2 saturated heterocycles. The highest BCUT2D eigenvalue weighted by Gasteiger charge is 2.48. The summed E-state index contributed by atoms with van der Waals surface area (Å²) in [4.78, 5) is 10.3. The number of ether oxygens (including phenoxy) is 2. The molecule has 174 valence electrons. The van der Waals surface area contributed by atoms with E-state index < -0.39 is 6.55 Å². The number of nitrogens with zero attached hydrogens (tertiary/aromatic N) is 5. The summed E-state index contributed by atoms with van der Waals surface area (Å²) < 4.78 is 38.8. The molecular weight excluding hydrogens is 454 g/mol. The molecule has 2 aromatic heterocycles. The number of aromatic nitrogens is 4. The van der Waals surface area contributed by atoms with Gasteiger partial charge in [0.15, 0.2) is 0 Å². The van der Waals surface area contributed by atoms with E-state index in [9.17, 15) is 8.78 Å². The summed E-state index contributed by atoms with van der Waals surface area (Å²) in [5, 5.41) is 4.13. The number of benzene rings is 1. The largest absolute Gasteiger partial charge is 0.492 e. The van der Waals surface area contributed by atoms with Crippen molar-refractivity contribution in [1.29, 1.82) is 0 Å². The van der Waals surface area contributed by atoms with Crippen LogP contribution in [0.5, 0.6) is 5.75 Å². The Morgan fingerprint density at radius 2 is 1.97 bits per heavy atom. The zero-order valence-corrected chi connectivity index (χ0v) is 18.5. The minimum absolute atomic E-state index is 0.0555. The van der Waals surface area contributed by atoms with Gasteiger partial charge in [0.05, 0.1) is 18.9 Å². The second-order valence-corrected chi connectivity index (χ2v) is 8.92. The summed E-state index contributed by atoms with van der Waals surface area (Å²) in [6.45, 7) is 2.35. The lowest BCUT2D eigenvalue weighted by molar-refractivity contribution is -0.189. The van der Waals surface area contributed by atoms with Crippen molar-refractivity contribution in [2.24, 2.45) is 5.41 Å². The summed E-state index contributed by atoms with van der Waals surface area (Å²) in [6.07, 6.45) is 1.63. The Morgan fingerprint density at radius 1 is 1.18 bits per heavy atom. The molecule has 2 aliphatic heterocycles. The van der Waals surface area contributed by atoms with E-state index in [2.05, 4.69) is 20.0 Å². The van der Waals surface area contributed by atoms with E-state index in [0.29, 0.717) is 34.4 Å². The second kappa shape index (κ2) is 8.85. The molecule has 11 heteroatoms. The smallest absolute Gasteiger partial charge is 0.333 e. The van der Waals surface area contributed by atoms with E-state index in [1.54, 1.807) is 0 Å². The molecular formula is C22H23ClF2N6O2. The van der Waals surface area contributed by atoms with Gasteiger partial charge in [-0.25, -0.2) is 14.6 Å². The zero-order valence-electron chi connectivity index (χ0n) is 17.8. The van der Waals surface area contributed by atoms with Crippen LogP contribution in [-0.2, 0) is 11.2 Å². The first kappa shape index (κ1) is 22.0. The first-order valence-electron chi connectivity index (χ1n) is 10.6. The molecule has 33 heavy (non-hydrogen) atoms. The van der Waals surface area contributed by atoms with Crippen molar-refractivity contribution in [3.05, 3.63) is 52.8 Å². The molecule has 2 fully saturated rings. The Labute approximate surface area is 194 Å². The Morgan fingerprint density at radius 3 is 2.67 bits per heavy atom. The number of alkyl halides is 2. The van der Waals surface area contributed by atoms with Crippen molar-refractivity contribution in [2.75, 3.05) is 45.2 Å². The molecule has 8 nitrogen and oxygen atoms in total. The van der Waals surface area contributed by atoms with Crippen molar-refractivity contribution in [3.63, 3.8) is 0 Å². The van der Waals surface area contributed by atoms with E-state index in [0.717, 1.165) is 38.4 Å². The maximum Gasteiger partial charge on any atom is 0.333 e. The molecule has 1 spiro atoms. The van der Waals surface area contributed by atoms with Crippen molar-refractivity contribution < 1.29 is 18.3 Å². The number of anilines is 1. The molecule has 2 N–H and O–H groups in total. The third-order valence-corrected chi connectivity index (χ3v) is 6.11. The van der Waals surface area contributed by atoms with E-state index >= 15 is 0 Å². The van der Waals surface area contributed by atoms with Crippen LogP contribution in [-0.4, -0.2) is 64.1 Å². The van der Waals surface area contributed by atoms with Crippen molar-refractivity contribution in [2.45, 2.75) is 13.0 Å². The zero-order chi connectivity index (χ0) is 23.0. The quantitative estimate of drug-likeness (QED) is 0.499. The Bertz CT molecular complexity index is 1130. The first-order valence-corrected chi connectivity index (χ1v) is 11.0. The van der Waals surface area contributed by atoms with E-state index in [4.69, 9.17) is 26.8 Å². The number of hydrogen-bond donors (Lipinski definition) is 1. The topological polar surface area (TPSA) is 91.3 Å². The molecule has 0 radical (unpaired) electrons. The molecule has 0 amide bonds. The van der Waals surface area contributed by atoms with Crippen LogP contribution in [0.3, 0.4) is 0 Å². The molecule has 0 saturated carbocycles. The summed E-state index contributed by atoms with van der Waals surface area (Å²) in [6, 6.07) is 9.01. The van der Waals surface area contributed by atoms with Crippen LogP contribution in [0.25, 0.3) is 11.4 Å². The molecule has 5 rings (SSSR count). The average molecular weight is 477 g/mol. The molecule has 0 aliphatic carbocycles. The minimum Gasteiger partial charge on any atom is -0.492 e. The fourth-order valence-corrected chi connectivity index (χ4v) is 4.54. The van der Waals surface area contributed by atoms with Gasteiger partial charge in [-0.15, -0.1) is 0 Å². The van der Waals surface area contributed by atoms with E-state index in [1.165, 1.54) is 12.3 Å². The van der Waals surface area contributed by atoms with Crippen LogP contribution in [0, 0.1) is 5.41 Å². The normalized spacial score (nSPS) is 17.2. The van der Waals surface area contributed by atoms with Gasteiger partial charge in [0.2, 0.25) is 5.95 Å². The highest BCUT2D eigenvalue weighted by atomic mass is 35.5. The Balaban J connectivity index is 1.32. The second-order valence-electron chi connectivity index (χ2n) is 8.53. The lowest BCUT2D eigenvalue weighted by Gasteiger charge is -2.55. The fraction of sp³-hybridized carbons (Fsp3) is 0.409. The lowest BCUT2D eigenvalue weighted by atomic mass is 9.78. The minimum atomic E-state index is -2.79. The van der Waals surface area contributed by atoms with Crippen LogP contribution in [0.2, 0.25) is 5.15 Å². The van der Waals surface area contributed by atoms with Crippen molar-refractivity contribution in [1.82, 2.24) is 24.6 Å². The highest BCUT2D eigenvalue weighted by Crippen LogP contribution is 2.37. The Kier molecular flexibility index (Phi) is 5.90. The van der Waals surface area contributed by atoms with Crippen LogP contribution < -0.4 is 10.5 Å². The number of rotatable bonds is 8. The van der Waals surface area contributed by atoms with Gasteiger partial charge in [-0.3, -0.25) is 4.90 Å². The molecule has 0 unspecified atom stereocenters. The number of nitrogens with two attached hydrogens (primary N) is 1. The van der Waals surface area contributed by atoms with Gasteiger partial charge in [-0.1, -0.05) is 29.8 Å². The van der Waals surface area contributed by atoms with Crippen LogP contribution in [0.1, 0.15) is 17.7 Å². The lowest BCUT2D eigenvalue weighted by Crippen LogP contribution is -2.66. The van der Waals surface area contributed by atoms with Crippen molar-refractivity contribution in [3.8, 4) is 17.1 Å². The first-order chi connectivity index (χ1) is 15.9. The number of likely N-dealkylation sites (tertiary alicyclic amines) is 1. The molecule has 2 aliphatic rings. The SMILES string of the molecule is Nc1nc(Cl)cc(-c2nn(C(F)F)cc2Cc2ccccc2OCCN2CC3(COC3)C2)n1. The maximum atomic E-state index is 13.4. The number of halogens is 3. The standard InChI is InChI=1S/C22H23ClF2N6O2/c23-18-8-16(27-21(26)28-18)19-15(9-31(29-19)20(24)25)7-14-3-1-2-4-17(14)33-6-5-30-10-22(11-30)12-32-13-22/h1-4,8-9,20H,5-7,10-13H2,(H2,26,27,28). The summed E-state index contributed by atoms with van der Waals surface area (Å²) in [5.41, 5.74) is 8.03. The predicted octanol–water partition coefficient (Wildman–Crippen LogP) is 3.27.